The molecule has 0 spiro atoms. The number of hydrogen-bond donors (Lipinski definition) is 1. The van der Waals surface area contributed by atoms with Gasteiger partial charge in [-0.2, -0.15) is 0 Å². The molecule has 114 valence electrons. The largest absolute Gasteiger partial charge is 0.378 e. The Morgan fingerprint density at radius 1 is 1.18 bits per heavy atom. The van der Waals surface area contributed by atoms with Crippen LogP contribution in [-0.2, 0) is 4.74 Å². The summed E-state index contributed by atoms with van der Waals surface area (Å²) in [5, 5.41) is 3.25. The summed E-state index contributed by atoms with van der Waals surface area (Å²) in [6, 6.07) is 9.66. The molecular formula is C16H16BrN3O2. The van der Waals surface area contributed by atoms with Crippen LogP contribution in [0.2, 0.25) is 0 Å². The lowest BCUT2D eigenvalue weighted by atomic mass is 10.2. The number of morpholine rings is 1. The molecule has 5 nitrogen and oxygen atoms in total. The number of carbonyl (C=O) groups is 1. The summed E-state index contributed by atoms with van der Waals surface area (Å²) in [6.07, 6.45) is 3.31. The van der Waals surface area contributed by atoms with Gasteiger partial charge >= 0.3 is 0 Å². The molecule has 3 rings (SSSR count). The van der Waals surface area contributed by atoms with Gasteiger partial charge in [0.15, 0.2) is 0 Å². The Labute approximate surface area is 137 Å². The van der Waals surface area contributed by atoms with Crippen LogP contribution in [0.5, 0.6) is 0 Å². The first-order valence-corrected chi connectivity index (χ1v) is 7.86. The third-order valence-electron chi connectivity index (χ3n) is 3.40. The molecule has 1 saturated heterocycles. The van der Waals surface area contributed by atoms with Gasteiger partial charge in [0, 0.05) is 29.4 Å². The van der Waals surface area contributed by atoms with Gasteiger partial charge in [0.25, 0.3) is 5.91 Å². The van der Waals surface area contributed by atoms with E-state index in [0.717, 1.165) is 15.8 Å². The molecule has 1 N–H and O–H groups in total. The Kier molecular flexibility index (Phi) is 4.70. The van der Waals surface area contributed by atoms with E-state index in [9.17, 15) is 4.79 Å². The van der Waals surface area contributed by atoms with Crippen LogP contribution >= 0.6 is 15.9 Å². The van der Waals surface area contributed by atoms with Crippen LogP contribution in [0.3, 0.4) is 0 Å². The number of aromatic nitrogens is 1. The first-order valence-electron chi connectivity index (χ1n) is 7.07. The highest BCUT2D eigenvalue weighted by molar-refractivity contribution is 9.10. The number of rotatable bonds is 3. The van der Waals surface area contributed by atoms with Gasteiger partial charge in [-0.15, -0.1) is 0 Å². The minimum absolute atomic E-state index is 0.00584. The summed E-state index contributed by atoms with van der Waals surface area (Å²) >= 11 is 3.44. The monoisotopic (exact) mass is 361 g/mol. The highest BCUT2D eigenvalue weighted by atomic mass is 79.9. The minimum Gasteiger partial charge on any atom is -0.378 e. The molecule has 0 unspecified atom stereocenters. The van der Waals surface area contributed by atoms with E-state index < -0.39 is 0 Å². The average molecular weight is 362 g/mol. The fraction of sp³-hybridized carbons (Fsp3) is 0.250. The van der Waals surface area contributed by atoms with Crippen molar-refractivity contribution in [1.82, 2.24) is 9.88 Å². The molecule has 1 amide bonds. The maximum absolute atomic E-state index is 12.5. The number of nitrogens with one attached hydrogen (secondary N) is 1. The zero-order valence-electron chi connectivity index (χ0n) is 12.0. The van der Waals surface area contributed by atoms with Gasteiger partial charge in [-0.3, -0.25) is 9.78 Å². The summed E-state index contributed by atoms with van der Waals surface area (Å²) < 4.78 is 6.27. The number of benzene rings is 1. The van der Waals surface area contributed by atoms with E-state index >= 15 is 0 Å². The van der Waals surface area contributed by atoms with Crippen molar-refractivity contribution in [2.75, 3.05) is 31.6 Å². The van der Waals surface area contributed by atoms with Crippen molar-refractivity contribution >= 4 is 33.2 Å². The Hall–Kier alpha value is -1.92. The average Bonchev–Trinajstić information content (AvgIpc) is 2.55. The maximum Gasteiger partial charge on any atom is 0.255 e. The molecule has 6 heteroatoms. The third-order valence-corrected chi connectivity index (χ3v) is 3.89. The molecule has 1 aromatic heterocycles. The number of pyridine rings is 1. The fourth-order valence-corrected chi connectivity index (χ4v) is 2.71. The highest BCUT2D eigenvalue weighted by Crippen LogP contribution is 2.21. The lowest BCUT2D eigenvalue weighted by Crippen LogP contribution is -2.40. The first-order chi connectivity index (χ1) is 10.7. The van der Waals surface area contributed by atoms with Crippen LogP contribution in [0, 0.1) is 0 Å². The number of carbonyl (C=O) groups excluding carboxylic acids is 1. The molecule has 2 heterocycles. The number of hydrogen-bond acceptors (Lipinski definition) is 4. The molecule has 22 heavy (non-hydrogen) atoms. The topological polar surface area (TPSA) is 54.5 Å². The van der Waals surface area contributed by atoms with Crippen LogP contribution in [-0.4, -0.2) is 42.1 Å². The quantitative estimate of drug-likeness (QED) is 0.912. The molecule has 0 saturated carbocycles. The predicted molar refractivity (Wildman–Crippen MR) is 88.4 cm³/mol. The molecule has 1 aliphatic heterocycles. The Balaban J connectivity index is 1.75. The smallest absolute Gasteiger partial charge is 0.255 e. The summed E-state index contributed by atoms with van der Waals surface area (Å²) in [5.41, 5.74) is 2.31. The predicted octanol–water partition coefficient (Wildman–Crippen LogP) is 3.06. The maximum atomic E-state index is 12.5. The minimum atomic E-state index is -0.00584. The van der Waals surface area contributed by atoms with Crippen molar-refractivity contribution < 1.29 is 9.53 Å². The molecular weight excluding hydrogens is 346 g/mol. The standard InChI is InChI=1S/C16H16BrN3O2/c17-13-2-1-3-14(9-13)19-15-8-12(10-18-11-15)16(21)20-4-6-22-7-5-20/h1-3,8-11,19H,4-7H2. The third kappa shape index (κ3) is 3.64. The van der Waals surface area contributed by atoms with Crippen molar-refractivity contribution in [2.24, 2.45) is 0 Å². The number of ether oxygens (including phenoxy) is 1. The number of halogens is 1. The van der Waals surface area contributed by atoms with Gasteiger partial charge in [0.1, 0.15) is 0 Å². The summed E-state index contributed by atoms with van der Waals surface area (Å²) in [7, 11) is 0. The normalized spacial score (nSPS) is 14.7. The van der Waals surface area contributed by atoms with Crippen LogP contribution < -0.4 is 5.32 Å². The fourth-order valence-electron chi connectivity index (χ4n) is 2.31. The van der Waals surface area contributed by atoms with Crippen molar-refractivity contribution in [1.29, 1.82) is 0 Å². The lowest BCUT2D eigenvalue weighted by Gasteiger charge is -2.26. The van der Waals surface area contributed by atoms with Gasteiger partial charge < -0.3 is 15.0 Å². The van der Waals surface area contributed by atoms with Crippen LogP contribution in [0.4, 0.5) is 11.4 Å². The SMILES string of the molecule is O=C(c1cncc(Nc2cccc(Br)c2)c1)N1CCOCC1. The second-order valence-electron chi connectivity index (χ2n) is 5.00. The van der Waals surface area contributed by atoms with Gasteiger partial charge in [-0.05, 0) is 24.3 Å². The van der Waals surface area contributed by atoms with E-state index in [0.29, 0.717) is 31.9 Å². The molecule has 0 bridgehead atoms. The lowest BCUT2D eigenvalue weighted by molar-refractivity contribution is 0.0302. The second kappa shape index (κ2) is 6.89. The van der Waals surface area contributed by atoms with Crippen LogP contribution in [0.1, 0.15) is 10.4 Å². The zero-order chi connectivity index (χ0) is 15.4. The highest BCUT2D eigenvalue weighted by Gasteiger charge is 2.18. The second-order valence-corrected chi connectivity index (χ2v) is 5.92. The van der Waals surface area contributed by atoms with Gasteiger partial charge in [-0.1, -0.05) is 22.0 Å². The van der Waals surface area contributed by atoms with Crippen LogP contribution in [0.25, 0.3) is 0 Å². The molecule has 2 aromatic rings. The summed E-state index contributed by atoms with van der Waals surface area (Å²) in [5.74, 6) is -0.00584. The van der Waals surface area contributed by atoms with E-state index in [1.807, 2.05) is 30.3 Å². The van der Waals surface area contributed by atoms with Crippen molar-refractivity contribution in [3.63, 3.8) is 0 Å². The first kappa shape index (κ1) is 15.0. The molecule has 0 aliphatic carbocycles. The molecule has 0 radical (unpaired) electrons. The van der Waals surface area contributed by atoms with Crippen molar-refractivity contribution in [3.8, 4) is 0 Å². The van der Waals surface area contributed by atoms with E-state index in [-0.39, 0.29) is 5.91 Å². The van der Waals surface area contributed by atoms with Gasteiger partial charge in [0.2, 0.25) is 0 Å². The molecule has 0 atom stereocenters. The Bertz CT molecular complexity index is 672. The Morgan fingerprint density at radius 3 is 2.77 bits per heavy atom. The molecule has 1 fully saturated rings. The van der Waals surface area contributed by atoms with E-state index in [4.69, 9.17) is 4.74 Å². The van der Waals surface area contributed by atoms with Gasteiger partial charge in [-0.25, -0.2) is 0 Å². The van der Waals surface area contributed by atoms with E-state index in [1.54, 1.807) is 17.3 Å². The van der Waals surface area contributed by atoms with Crippen molar-refractivity contribution in [2.45, 2.75) is 0 Å². The van der Waals surface area contributed by atoms with Gasteiger partial charge in [0.05, 0.1) is 30.7 Å². The zero-order valence-corrected chi connectivity index (χ0v) is 13.5. The number of anilines is 2. The number of amides is 1. The number of nitrogens with zero attached hydrogens (tertiary/aromatic N) is 2. The van der Waals surface area contributed by atoms with E-state index in [2.05, 4.69) is 26.2 Å². The summed E-state index contributed by atoms with van der Waals surface area (Å²) in [6.45, 7) is 2.44. The molecule has 1 aliphatic rings. The summed E-state index contributed by atoms with van der Waals surface area (Å²) in [4.78, 5) is 18.4. The Morgan fingerprint density at radius 2 is 2.00 bits per heavy atom. The van der Waals surface area contributed by atoms with Crippen molar-refractivity contribution in [3.05, 3.63) is 52.8 Å². The van der Waals surface area contributed by atoms with E-state index in [1.165, 1.54) is 0 Å². The van der Waals surface area contributed by atoms with Crippen LogP contribution in [0.15, 0.2) is 47.2 Å². The molecule has 1 aromatic carbocycles.